The van der Waals surface area contributed by atoms with E-state index in [9.17, 15) is 13.2 Å². The van der Waals surface area contributed by atoms with Crippen LogP contribution in [0.15, 0.2) is 39.2 Å². The normalized spacial score (nSPS) is 17.4. The summed E-state index contributed by atoms with van der Waals surface area (Å²) in [5.41, 5.74) is 3.01. The maximum Gasteiger partial charge on any atom is 0.283 e. The topological polar surface area (TPSA) is 117 Å². The molecule has 4 rings (SSSR count). The van der Waals surface area contributed by atoms with Gasteiger partial charge in [-0.2, -0.15) is 9.39 Å². The van der Waals surface area contributed by atoms with Gasteiger partial charge in [0.05, 0.1) is 36.1 Å². The summed E-state index contributed by atoms with van der Waals surface area (Å²) in [5, 5.41) is 8.89. The molecule has 1 aromatic heterocycles. The molecule has 0 aliphatic carbocycles. The predicted octanol–water partition coefficient (Wildman–Crippen LogP) is 3.77. The van der Waals surface area contributed by atoms with Crippen LogP contribution in [0.3, 0.4) is 0 Å². The van der Waals surface area contributed by atoms with Crippen LogP contribution in [0, 0.1) is 19.3 Å². The van der Waals surface area contributed by atoms with Crippen LogP contribution < -0.4 is 4.74 Å². The third-order valence-electron chi connectivity index (χ3n) is 5.30. The van der Waals surface area contributed by atoms with Gasteiger partial charge in [-0.05, 0) is 49.8 Å². The van der Waals surface area contributed by atoms with Crippen LogP contribution in [0.2, 0.25) is 5.02 Å². The molecule has 3 heterocycles. The van der Waals surface area contributed by atoms with Crippen LogP contribution in [0.1, 0.15) is 23.9 Å². The molecule has 0 fully saturated rings. The van der Waals surface area contributed by atoms with Gasteiger partial charge in [0, 0.05) is 16.4 Å². The molecule has 0 unspecified atom stereocenters. The molecule has 2 aliphatic heterocycles. The Bertz CT molecular complexity index is 1410. The Balaban J connectivity index is 1.81. The molecular formula is C21H20ClN5O4S2. The maximum atomic E-state index is 12.7. The summed E-state index contributed by atoms with van der Waals surface area (Å²) in [7, 11) is -2.14. The number of aromatic nitrogens is 1. The number of amidine groups is 3. The van der Waals surface area contributed by atoms with Crippen molar-refractivity contribution in [1.29, 1.82) is 5.41 Å². The number of sulfone groups is 1. The quantitative estimate of drug-likeness (QED) is 0.499. The molecule has 0 bridgehead atoms. The Morgan fingerprint density at radius 1 is 1.27 bits per heavy atom. The van der Waals surface area contributed by atoms with Gasteiger partial charge < -0.3 is 9.30 Å². The standard InChI is InChI=1S/C21H20ClN5O4S2/c1-5-33(29,30)21-25-32-20-24-19(28)15(18(23)27(20)21)9-13-8-11(2)26(12(13)3)16-10-14(22)6-7-17(16)31-4/h6-10,23H,5H2,1-4H3/b15-9-,23-18?. The van der Waals surface area contributed by atoms with Crippen LogP contribution in [0.5, 0.6) is 5.75 Å². The van der Waals surface area contributed by atoms with E-state index in [2.05, 4.69) is 9.39 Å². The first-order chi connectivity index (χ1) is 15.6. The van der Waals surface area contributed by atoms with Crippen LogP contribution in [0.4, 0.5) is 0 Å². The molecule has 0 spiro atoms. The lowest BCUT2D eigenvalue weighted by molar-refractivity contribution is -0.114. The second-order valence-electron chi connectivity index (χ2n) is 7.29. The van der Waals surface area contributed by atoms with Gasteiger partial charge in [-0.3, -0.25) is 10.2 Å². The summed E-state index contributed by atoms with van der Waals surface area (Å²) in [6.45, 7) is 5.26. The molecule has 1 N–H and O–H groups in total. The van der Waals surface area contributed by atoms with Crippen molar-refractivity contribution in [3.8, 4) is 11.4 Å². The van der Waals surface area contributed by atoms with Gasteiger partial charge in [0.15, 0.2) is 0 Å². The molecule has 9 nitrogen and oxygen atoms in total. The van der Waals surface area contributed by atoms with Gasteiger partial charge in [0.1, 0.15) is 11.6 Å². The highest BCUT2D eigenvalue weighted by atomic mass is 35.5. The lowest BCUT2D eigenvalue weighted by Gasteiger charge is -2.24. The molecule has 0 atom stereocenters. The zero-order valence-corrected chi connectivity index (χ0v) is 20.6. The largest absolute Gasteiger partial charge is 0.495 e. The predicted molar refractivity (Wildman–Crippen MR) is 131 cm³/mol. The average Bonchev–Trinajstić information content (AvgIpc) is 3.32. The lowest BCUT2D eigenvalue weighted by Crippen LogP contribution is -2.45. The molecule has 1 amide bonds. The number of ether oxygens (including phenoxy) is 1. The van der Waals surface area contributed by atoms with Crippen molar-refractivity contribution in [3.63, 3.8) is 0 Å². The van der Waals surface area contributed by atoms with Gasteiger partial charge in [-0.15, -0.1) is 0 Å². The molecule has 12 heteroatoms. The highest BCUT2D eigenvalue weighted by Crippen LogP contribution is 2.33. The van der Waals surface area contributed by atoms with Crippen LogP contribution in [-0.4, -0.2) is 52.8 Å². The molecule has 0 saturated carbocycles. The molecule has 33 heavy (non-hydrogen) atoms. The number of amides is 1. The number of halogens is 1. The zero-order valence-electron chi connectivity index (χ0n) is 18.2. The fourth-order valence-corrected chi connectivity index (χ4v) is 5.76. The first kappa shape index (κ1) is 23.3. The van der Waals surface area contributed by atoms with E-state index in [0.717, 1.165) is 33.9 Å². The summed E-state index contributed by atoms with van der Waals surface area (Å²) in [6.07, 6.45) is 1.54. The van der Waals surface area contributed by atoms with Crippen LogP contribution in [0.25, 0.3) is 11.8 Å². The number of hydrogen-bond acceptors (Lipinski definition) is 7. The van der Waals surface area contributed by atoms with Gasteiger partial charge in [-0.1, -0.05) is 18.5 Å². The number of carbonyl (C=O) groups excluding carboxylic acids is 1. The third kappa shape index (κ3) is 3.90. The first-order valence-corrected chi connectivity index (χ1v) is 12.6. The van der Waals surface area contributed by atoms with Crippen molar-refractivity contribution in [2.75, 3.05) is 12.9 Å². The first-order valence-electron chi connectivity index (χ1n) is 9.83. The molecular weight excluding hydrogens is 486 g/mol. The fourth-order valence-electron chi connectivity index (χ4n) is 3.63. The highest BCUT2D eigenvalue weighted by molar-refractivity contribution is 8.16. The Morgan fingerprint density at radius 3 is 2.67 bits per heavy atom. The van der Waals surface area contributed by atoms with E-state index in [1.807, 2.05) is 24.5 Å². The van der Waals surface area contributed by atoms with Gasteiger partial charge in [0.2, 0.25) is 20.2 Å². The number of fused-ring (bicyclic) bond motifs is 1. The minimum absolute atomic E-state index is 0.0291. The smallest absolute Gasteiger partial charge is 0.283 e. The van der Waals surface area contributed by atoms with Crippen molar-refractivity contribution in [1.82, 2.24) is 9.47 Å². The average molecular weight is 506 g/mol. The van der Waals surface area contributed by atoms with Crippen molar-refractivity contribution in [3.05, 3.63) is 51.8 Å². The number of hydrogen-bond donors (Lipinski definition) is 1. The summed E-state index contributed by atoms with van der Waals surface area (Å²) < 4.78 is 36.2. The van der Waals surface area contributed by atoms with E-state index in [0.29, 0.717) is 16.3 Å². The number of aliphatic imine (C=N–C) groups is 1. The number of nitrogens with zero attached hydrogens (tertiary/aromatic N) is 4. The summed E-state index contributed by atoms with van der Waals surface area (Å²) in [4.78, 5) is 17.8. The van der Waals surface area contributed by atoms with E-state index >= 15 is 0 Å². The maximum absolute atomic E-state index is 12.7. The van der Waals surface area contributed by atoms with Gasteiger partial charge in [-0.25, -0.2) is 13.3 Å². The summed E-state index contributed by atoms with van der Waals surface area (Å²) in [5.74, 6) is -0.472. The fraction of sp³-hybridized carbons (Fsp3) is 0.238. The van der Waals surface area contributed by atoms with Crippen molar-refractivity contribution >= 4 is 61.5 Å². The van der Waals surface area contributed by atoms with E-state index in [4.69, 9.17) is 21.7 Å². The minimum atomic E-state index is -3.71. The number of methoxy groups -OCH3 is 1. The van der Waals surface area contributed by atoms with E-state index in [1.165, 1.54) is 6.92 Å². The molecule has 1 aromatic carbocycles. The molecule has 0 radical (unpaired) electrons. The molecule has 2 aromatic rings. The van der Waals surface area contributed by atoms with Gasteiger partial charge >= 0.3 is 0 Å². The number of aryl methyl sites for hydroxylation is 1. The Labute approximate surface area is 200 Å². The third-order valence-corrected chi connectivity index (χ3v) is 7.95. The minimum Gasteiger partial charge on any atom is -0.495 e. The van der Waals surface area contributed by atoms with Crippen molar-refractivity contribution < 1.29 is 17.9 Å². The van der Waals surface area contributed by atoms with E-state index in [-0.39, 0.29) is 27.5 Å². The number of nitrogens with one attached hydrogen (secondary N) is 1. The van der Waals surface area contributed by atoms with E-state index in [1.54, 1.807) is 31.4 Å². The Morgan fingerprint density at radius 2 is 2.00 bits per heavy atom. The number of carbonyl (C=O) groups is 1. The second kappa shape index (κ2) is 8.47. The number of rotatable bonds is 4. The molecule has 0 saturated heterocycles. The molecule has 172 valence electrons. The second-order valence-corrected chi connectivity index (χ2v) is 10.6. The van der Waals surface area contributed by atoms with Crippen molar-refractivity contribution in [2.24, 2.45) is 9.39 Å². The summed E-state index contributed by atoms with van der Waals surface area (Å²) >= 11 is 6.98. The lowest BCUT2D eigenvalue weighted by atomic mass is 10.1. The van der Waals surface area contributed by atoms with Crippen LogP contribution >= 0.6 is 23.5 Å². The van der Waals surface area contributed by atoms with Crippen molar-refractivity contribution in [2.45, 2.75) is 20.8 Å². The SMILES string of the molecule is CCS(=O)(=O)C1=NSC2=NC(=O)/C(=C\c3cc(C)n(-c4cc(Cl)ccc4OC)c3C)C(=N)N21. The van der Waals surface area contributed by atoms with Crippen LogP contribution in [-0.2, 0) is 14.6 Å². The van der Waals surface area contributed by atoms with Gasteiger partial charge in [0.25, 0.3) is 5.91 Å². The zero-order chi connectivity index (χ0) is 24.1. The monoisotopic (exact) mass is 505 g/mol. The number of benzene rings is 1. The molecule has 2 aliphatic rings. The Hall–Kier alpha value is -2.89. The highest BCUT2D eigenvalue weighted by Gasteiger charge is 2.42. The summed E-state index contributed by atoms with van der Waals surface area (Å²) in [6, 6.07) is 7.14. The van der Waals surface area contributed by atoms with E-state index < -0.39 is 15.7 Å². The Kier molecular flexibility index (Phi) is 5.97.